The lowest BCUT2D eigenvalue weighted by atomic mass is 10.2. The summed E-state index contributed by atoms with van der Waals surface area (Å²) in [6.07, 6.45) is 0. The van der Waals surface area contributed by atoms with Crippen molar-refractivity contribution in [2.75, 3.05) is 6.61 Å². The summed E-state index contributed by atoms with van der Waals surface area (Å²) in [7, 11) is 0. The number of aromatic nitrogens is 1. The molecule has 9 heteroatoms. The number of imide groups is 1. The first-order chi connectivity index (χ1) is 11.5. The topological polar surface area (TPSA) is 121 Å². The highest BCUT2D eigenvalue weighted by molar-refractivity contribution is 7.09. The summed E-state index contributed by atoms with van der Waals surface area (Å²) in [5, 5.41) is 4.58. The van der Waals surface area contributed by atoms with Gasteiger partial charge in [-0.05, 0) is 19.1 Å². The zero-order chi connectivity index (χ0) is 17.5. The predicted molar refractivity (Wildman–Crippen MR) is 85.6 cm³/mol. The molecule has 0 aliphatic heterocycles. The Morgan fingerprint density at radius 2 is 2.04 bits per heavy atom. The number of esters is 1. The van der Waals surface area contributed by atoms with E-state index in [-0.39, 0.29) is 12.2 Å². The highest BCUT2D eigenvalue weighted by Crippen LogP contribution is 2.20. The number of primary amides is 1. The van der Waals surface area contributed by atoms with Crippen LogP contribution in [0.1, 0.15) is 21.1 Å². The lowest BCUT2D eigenvalue weighted by Gasteiger charge is -2.10. The summed E-state index contributed by atoms with van der Waals surface area (Å²) in [4.78, 5) is 38.1. The van der Waals surface area contributed by atoms with Gasteiger partial charge in [0.1, 0.15) is 17.9 Å². The standard InChI is InChI=1S/C15H15N3O5S/c1-9-17-10(8-24-9)6-22-12-5-3-2-4-11(12)14(20)23-7-13(19)18-15(16)21/h2-5,8H,6-7H2,1H3,(H3,16,18,19,21). The van der Waals surface area contributed by atoms with Crippen molar-refractivity contribution in [2.24, 2.45) is 5.73 Å². The van der Waals surface area contributed by atoms with Crippen LogP contribution in [0.5, 0.6) is 5.75 Å². The maximum absolute atomic E-state index is 12.1. The fourth-order valence-corrected chi connectivity index (χ4v) is 2.37. The van der Waals surface area contributed by atoms with Gasteiger partial charge in [-0.2, -0.15) is 0 Å². The number of ether oxygens (including phenoxy) is 2. The summed E-state index contributed by atoms with van der Waals surface area (Å²) in [5.74, 6) is -1.25. The minimum atomic E-state index is -1.02. The summed E-state index contributed by atoms with van der Waals surface area (Å²) >= 11 is 1.50. The van der Waals surface area contributed by atoms with Gasteiger partial charge in [0.2, 0.25) is 0 Å². The van der Waals surface area contributed by atoms with Crippen molar-refractivity contribution >= 4 is 29.2 Å². The van der Waals surface area contributed by atoms with Crippen LogP contribution < -0.4 is 15.8 Å². The third kappa shape index (κ3) is 5.06. The van der Waals surface area contributed by atoms with Gasteiger partial charge in [-0.3, -0.25) is 10.1 Å². The molecule has 3 amide bonds. The van der Waals surface area contributed by atoms with Crippen molar-refractivity contribution in [3.8, 4) is 5.75 Å². The molecule has 0 aliphatic rings. The summed E-state index contributed by atoms with van der Waals surface area (Å²) in [6.45, 7) is 1.47. The molecule has 2 aromatic rings. The van der Waals surface area contributed by atoms with Crippen LogP contribution in [0.25, 0.3) is 0 Å². The van der Waals surface area contributed by atoms with E-state index in [9.17, 15) is 14.4 Å². The molecule has 0 spiro atoms. The molecule has 1 heterocycles. The Morgan fingerprint density at radius 3 is 2.71 bits per heavy atom. The Morgan fingerprint density at radius 1 is 1.29 bits per heavy atom. The van der Waals surface area contributed by atoms with Crippen molar-refractivity contribution in [1.82, 2.24) is 10.3 Å². The zero-order valence-electron chi connectivity index (χ0n) is 12.8. The van der Waals surface area contributed by atoms with Crippen LogP contribution in [0, 0.1) is 6.92 Å². The lowest BCUT2D eigenvalue weighted by molar-refractivity contribution is -0.123. The molecule has 8 nitrogen and oxygen atoms in total. The van der Waals surface area contributed by atoms with Crippen molar-refractivity contribution < 1.29 is 23.9 Å². The number of aryl methyl sites for hydroxylation is 1. The number of carbonyl (C=O) groups excluding carboxylic acids is 3. The second kappa shape index (κ2) is 8.06. The van der Waals surface area contributed by atoms with E-state index in [4.69, 9.17) is 15.2 Å². The Bertz CT molecular complexity index is 759. The quantitative estimate of drug-likeness (QED) is 0.760. The second-order valence-corrected chi connectivity index (χ2v) is 5.69. The third-order valence-electron chi connectivity index (χ3n) is 2.75. The van der Waals surface area contributed by atoms with E-state index in [1.807, 2.05) is 12.3 Å². The molecule has 0 unspecified atom stereocenters. The molecule has 0 saturated heterocycles. The SMILES string of the molecule is Cc1nc(COc2ccccc2C(=O)OCC(=O)NC(N)=O)cs1. The maximum atomic E-state index is 12.1. The van der Waals surface area contributed by atoms with Gasteiger partial charge in [-0.15, -0.1) is 11.3 Å². The first-order valence-corrected chi connectivity index (χ1v) is 7.73. The molecule has 0 atom stereocenters. The van der Waals surface area contributed by atoms with Crippen molar-refractivity contribution in [2.45, 2.75) is 13.5 Å². The minimum Gasteiger partial charge on any atom is -0.486 e. The Labute approximate surface area is 141 Å². The summed E-state index contributed by atoms with van der Waals surface area (Å²) in [6, 6.07) is 5.45. The number of urea groups is 1. The number of rotatable bonds is 6. The highest BCUT2D eigenvalue weighted by Gasteiger charge is 2.16. The van der Waals surface area contributed by atoms with Crippen molar-refractivity contribution in [3.63, 3.8) is 0 Å². The Kier molecular flexibility index (Phi) is 5.85. The first-order valence-electron chi connectivity index (χ1n) is 6.85. The average Bonchev–Trinajstić information content (AvgIpc) is 2.96. The molecule has 126 valence electrons. The van der Waals surface area contributed by atoms with E-state index < -0.39 is 24.5 Å². The number of nitrogens with zero attached hydrogens (tertiary/aromatic N) is 1. The zero-order valence-corrected chi connectivity index (χ0v) is 13.6. The molecule has 3 N–H and O–H groups in total. The monoisotopic (exact) mass is 349 g/mol. The minimum absolute atomic E-state index is 0.163. The molecule has 0 saturated carbocycles. The molecule has 24 heavy (non-hydrogen) atoms. The number of nitrogens with two attached hydrogens (primary N) is 1. The molecule has 2 rings (SSSR count). The number of hydrogen-bond donors (Lipinski definition) is 2. The number of thiazole rings is 1. The molecule has 1 aromatic carbocycles. The van der Waals surface area contributed by atoms with Crippen molar-refractivity contribution in [3.05, 3.63) is 45.9 Å². The number of para-hydroxylation sites is 1. The van der Waals surface area contributed by atoms with Gasteiger partial charge >= 0.3 is 12.0 Å². The smallest absolute Gasteiger partial charge is 0.342 e. The summed E-state index contributed by atoms with van der Waals surface area (Å²) < 4.78 is 10.4. The molecule has 0 radical (unpaired) electrons. The predicted octanol–water partition coefficient (Wildman–Crippen LogP) is 1.38. The van der Waals surface area contributed by atoms with Gasteiger partial charge in [0.05, 0.1) is 10.7 Å². The Hall–Kier alpha value is -2.94. The molecule has 0 aliphatic carbocycles. The largest absolute Gasteiger partial charge is 0.486 e. The molecule has 0 bridgehead atoms. The van der Waals surface area contributed by atoms with E-state index in [2.05, 4.69) is 4.98 Å². The van der Waals surface area contributed by atoms with Crippen LogP contribution in [0.4, 0.5) is 4.79 Å². The van der Waals surface area contributed by atoms with Crippen LogP contribution in [0.15, 0.2) is 29.6 Å². The van der Waals surface area contributed by atoms with E-state index in [0.29, 0.717) is 5.75 Å². The van der Waals surface area contributed by atoms with Gasteiger partial charge in [0, 0.05) is 5.38 Å². The van der Waals surface area contributed by atoms with Crippen LogP contribution in [-0.2, 0) is 16.1 Å². The number of amides is 3. The van der Waals surface area contributed by atoms with E-state index in [1.54, 1.807) is 23.5 Å². The number of nitrogens with one attached hydrogen (secondary N) is 1. The van der Waals surface area contributed by atoms with Gasteiger partial charge in [0.15, 0.2) is 6.61 Å². The molecule has 1 aromatic heterocycles. The van der Waals surface area contributed by atoms with Gasteiger partial charge in [0.25, 0.3) is 5.91 Å². The average molecular weight is 349 g/mol. The maximum Gasteiger partial charge on any atom is 0.342 e. The van der Waals surface area contributed by atoms with Crippen LogP contribution in [0.3, 0.4) is 0 Å². The lowest BCUT2D eigenvalue weighted by Crippen LogP contribution is -2.37. The van der Waals surface area contributed by atoms with E-state index in [0.717, 1.165) is 10.7 Å². The molecular formula is C15H15N3O5S. The van der Waals surface area contributed by atoms with Gasteiger partial charge in [-0.1, -0.05) is 12.1 Å². The second-order valence-electron chi connectivity index (χ2n) is 4.63. The first kappa shape index (κ1) is 17.4. The van der Waals surface area contributed by atoms with Gasteiger partial charge < -0.3 is 15.2 Å². The number of hydrogen-bond acceptors (Lipinski definition) is 7. The van der Waals surface area contributed by atoms with Gasteiger partial charge in [-0.25, -0.2) is 14.6 Å². The number of benzene rings is 1. The van der Waals surface area contributed by atoms with Crippen LogP contribution >= 0.6 is 11.3 Å². The molecular weight excluding hydrogens is 334 g/mol. The Balaban J connectivity index is 1.98. The normalized spacial score (nSPS) is 10.0. The van der Waals surface area contributed by atoms with E-state index in [1.165, 1.54) is 17.4 Å². The third-order valence-corrected chi connectivity index (χ3v) is 3.57. The van der Waals surface area contributed by atoms with Crippen LogP contribution in [-0.4, -0.2) is 29.5 Å². The highest BCUT2D eigenvalue weighted by atomic mass is 32.1. The molecule has 0 fully saturated rings. The summed E-state index contributed by atoms with van der Waals surface area (Å²) in [5.41, 5.74) is 5.71. The fourth-order valence-electron chi connectivity index (χ4n) is 1.77. The number of carbonyl (C=O) groups is 3. The van der Waals surface area contributed by atoms with E-state index >= 15 is 0 Å². The fraction of sp³-hybridized carbons (Fsp3) is 0.200. The van der Waals surface area contributed by atoms with Crippen molar-refractivity contribution in [1.29, 1.82) is 0 Å². The van der Waals surface area contributed by atoms with Crippen LogP contribution in [0.2, 0.25) is 0 Å².